The third-order valence-electron chi connectivity index (χ3n) is 8.13. The monoisotopic (exact) mass is 480 g/mol. The van der Waals surface area contributed by atoms with E-state index in [1.807, 2.05) is 0 Å². The first-order chi connectivity index (χ1) is 16.6. The Morgan fingerprint density at radius 1 is 0.806 bits per heavy atom. The van der Waals surface area contributed by atoms with Crippen LogP contribution in [0.1, 0.15) is 90.1 Å². The van der Waals surface area contributed by atoms with Gasteiger partial charge in [0.15, 0.2) is 11.9 Å². The third-order valence-corrected chi connectivity index (χ3v) is 8.13. The second-order valence-corrected chi connectivity index (χ2v) is 14.0. The van der Waals surface area contributed by atoms with Crippen molar-refractivity contribution in [2.24, 2.45) is 0 Å². The number of aryl methyl sites for hydroxylation is 1. The van der Waals surface area contributed by atoms with Crippen molar-refractivity contribution in [3.05, 3.63) is 82.8 Å². The molecule has 0 saturated carbocycles. The zero-order chi connectivity index (χ0) is 26.4. The van der Waals surface area contributed by atoms with Gasteiger partial charge in [0.1, 0.15) is 7.05 Å². The molecule has 1 unspecified atom stereocenters. The van der Waals surface area contributed by atoms with Gasteiger partial charge < -0.3 is 9.62 Å². The second kappa shape index (κ2) is 7.87. The Hall–Kier alpha value is -2.75. The summed E-state index contributed by atoms with van der Waals surface area (Å²) in [6.07, 6.45) is 9.30. The number of hydrogen-bond donors (Lipinski definition) is 0. The smallest absolute Gasteiger partial charge is 0.369 e. The molecule has 5 rings (SSSR count). The molecule has 3 nitrogen and oxygen atoms in total. The number of allylic oxidation sites excluding steroid dienone is 1. The maximum atomic E-state index is 2.59. The first kappa shape index (κ1) is 24.9. The molecule has 4 heteroatoms. The number of benzene rings is 2. The third kappa shape index (κ3) is 3.76. The molecule has 3 aliphatic rings. The van der Waals surface area contributed by atoms with Crippen LogP contribution in [-0.2, 0) is 16.2 Å². The van der Waals surface area contributed by atoms with Crippen LogP contribution in [0.4, 0.5) is 11.4 Å². The van der Waals surface area contributed by atoms with Crippen molar-refractivity contribution >= 4 is 24.1 Å². The van der Waals surface area contributed by atoms with Crippen LogP contribution >= 0.6 is 0 Å². The number of rotatable bonds is 1. The quantitative estimate of drug-likeness (QED) is 0.309. The Bertz CT molecular complexity index is 1290. The molecule has 0 saturated heterocycles. The lowest BCUT2D eigenvalue weighted by Crippen LogP contribution is -2.53. The summed E-state index contributed by atoms with van der Waals surface area (Å²) in [4.78, 5) is 5.10. The minimum Gasteiger partial charge on any atom is -0.369 e. The van der Waals surface area contributed by atoms with Crippen LogP contribution in [-0.4, -0.2) is 24.3 Å². The summed E-state index contributed by atoms with van der Waals surface area (Å²) in [6.45, 7) is 23.6. The maximum absolute atomic E-state index is 2.59. The maximum Gasteiger partial charge on any atom is 0.402 e. The van der Waals surface area contributed by atoms with Gasteiger partial charge in [0.05, 0.1) is 11.4 Å². The summed E-state index contributed by atoms with van der Waals surface area (Å²) < 4.78 is 2.34. The van der Waals surface area contributed by atoms with Crippen LogP contribution in [0.3, 0.4) is 0 Å². The Balaban J connectivity index is 1.78. The van der Waals surface area contributed by atoms with Crippen molar-refractivity contribution in [2.75, 3.05) is 16.7 Å². The fourth-order valence-electron chi connectivity index (χ4n) is 6.13. The number of fused-ring (bicyclic) bond motifs is 6. The first-order valence-corrected chi connectivity index (χ1v) is 13.4. The largest absolute Gasteiger partial charge is 0.402 e. The van der Waals surface area contributed by atoms with E-state index in [1.165, 1.54) is 44.9 Å². The van der Waals surface area contributed by atoms with Gasteiger partial charge in [-0.05, 0) is 57.6 Å². The van der Waals surface area contributed by atoms with Crippen molar-refractivity contribution in [2.45, 2.75) is 91.3 Å². The average molecular weight is 481 g/mol. The molecule has 0 radical (unpaired) electrons. The van der Waals surface area contributed by atoms with Gasteiger partial charge in [-0.1, -0.05) is 86.6 Å². The van der Waals surface area contributed by atoms with Crippen molar-refractivity contribution in [1.82, 2.24) is 0 Å². The topological polar surface area (TPSA) is 9.49 Å². The van der Waals surface area contributed by atoms with Crippen LogP contribution < -0.4 is 9.62 Å². The Labute approximate surface area is 219 Å². The number of nitrogens with zero attached hydrogens (tertiary/aromatic N) is 3. The van der Waals surface area contributed by atoms with E-state index in [0.717, 1.165) is 0 Å². The summed E-state index contributed by atoms with van der Waals surface area (Å²) in [5.74, 6) is 0.293. The van der Waals surface area contributed by atoms with E-state index >= 15 is 0 Å². The average Bonchev–Trinajstić information content (AvgIpc) is 3.35. The van der Waals surface area contributed by atoms with Gasteiger partial charge >= 0.3 is 6.98 Å². The molecule has 0 spiro atoms. The second-order valence-electron chi connectivity index (χ2n) is 14.0. The summed E-state index contributed by atoms with van der Waals surface area (Å²) in [6, 6.07) is 11.7. The van der Waals surface area contributed by atoms with E-state index in [-0.39, 0.29) is 23.2 Å². The lowest BCUT2D eigenvalue weighted by Gasteiger charge is -2.41. The van der Waals surface area contributed by atoms with Gasteiger partial charge in [0.25, 0.3) is 0 Å². The Morgan fingerprint density at radius 2 is 1.39 bits per heavy atom. The summed E-state index contributed by atoms with van der Waals surface area (Å²) >= 11 is 0. The molecular formula is C32H43BN3+. The lowest BCUT2D eigenvalue weighted by atomic mass is 9.53. The van der Waals surface area contributed by atoms with Crippen LogP contribution in [0.5, 0.6) is 0 Å². The van der Waals surface area contributed by atoms with Crippen LogP contribution in [0.25, 0.3) is 0 Å². The first-order valence-electron chi connectivity index (χ1n) is 13.4. The molecule has 36 heavy (non-hydrogen) atoms. The fourth-order valence-corrected chi connectivity index (χ4v) is 6.13. The molecular weight excluding hydrogens is 437 g/mol. The molecule has 2 aromatic carbocycles. The highest BCUT2D eigenvalue weighted by Gasteiger charge is 2.53. The standard InChI is InChI=1S/C32H43BN3/c1-21-13-12-14-26-27(21)29-25(15-16-34(29)11)33-35(26)17-18-36(33)28-23(31(5,6)7)19-22(30(2,3)4)20-24(28)32(8,9)10/h12-20,25H,1-11H3/q+1. The normalized spacial score (nSPS) is 19.3. The molecule has 0 aliphatic carbocycles. The van der Waals surface area contributed by atoms with Gasteiger partial charge in [0.2, 0.25) is 0 Å². The molecule has 188 valence electrons. The fraction of sp³-hybridized carbons (Fsp3) is 0.469. The molecule has 3 aliphatic heterocycles. The molecule has 3 heterocycles. The van der Waals surface area contributed by atoms with Gasteiger partial charge in [-0.15, -0.1) is 0 Å². The number of anilines is 2. The summed E-state index contributed by atoms with van der Waals surface area (Å²) in [5, 5.41) is 0. The van der Waals surface area contributed by atoms with E-state index in [9.17, 15) is 0 Å². The molecule has 0 fully saturated rings. The highest BCUT2D eigenvalue weighted by molar-refractivity contribution is 6.76. The predicted octanol–water partition coefficient (Wildman–Crippen LogP) is 7.52. The van der Waals surface area contributed by atoms with Crippen molar-refractivity contribution in [3.8, 4) is 0 Å². The minimum atomic E-state index is 0.00979. The van der Waals surface area contributed by atoms with Crippen molar-refractivity contribution in [1.29, 1.82) is 0 Å². The van der Waals surface area contributed by atoms with Crippen LogP contribution in [0, 0.1) is 6.92 Å². The highest BCUT2D eigenvalue weighted by Crippen LogP contribution is 2.49. The molecule has 0 aromatic heterocycles. The summed E-state index contributed by atoms with van der Waals surface area (Å²) in [7, 11) is 2.20. The van der Waals surface area contributed by atoms with E-state index in [4.69, 9.17) is 0 Å². The SMILES string of the molecule is Cc1cccc2c1C1=[N+](C)C=CC1B1N2C=CN1c1c(C(C)(C)C)cc(C(C)(C)C)cc1C(C)(C)C. The van der Waals surface area contributed by atoms with Gasteiger partial charge in [-0.2, -0.15) is 0 Å². The lowest BCUT2D eigenvalue weighted by molar-refractivity contribution is -0.418. The number of hydrogen-bond acceptors (Lipinski definition) is 2. The Morgan fingerprint density at radius 3 is 1.94 bits per heavy atom. The molecule has 2 aromatic rings. The summed E-state index contributed by atoms with van der Waals surface area (Å²) in [5.41, 5.74) is 11.2. The van der Waals surface area contributed by atoms with Crippen LogP contribution in [0.2, 0.25) is 5.82 Å². The Kier molecular flexibility index (Phi) is 5.45. The van der Waals surface area contributed by atoms with Gasteiger partial charge in [0, 0.05) is 23.8 Å². The van der Waals surface area contributed by atoms with E-state index in [2.05, 4.69) is 145 Å². The predicted molar refractivity (Wildman–Crippen MR) is 157 cm³/mol. The van der Waals surface area contributed by atoms with Gasteiger partial charge in [-0.25, -0.2) is 4.58 Å². The molecule has 1 atom stereocenters. The molecule has 0 amide bonds. The zero-order valence-electron chi connectivity index (χ0n) is 24.2. The van der Waals surface area contributed by atoms with E-state index in [1.54, 1.807) is 0 Å². The van der Waals surface area contributed by atoms with Crippen molar-refractivity contribution < 1.29 is 4.58 Å². The van der Waals surface area contributed by atoms with E-state index in [0.29, 0.717) is 5.82 Å². The molecule has 0 N–H and O–H groups in total. The minimum absolute atomic E-state index is 0.00979. The van der Waals surface area contributed by atoms with Gasteiger partial charge in [-0.3, -0.25) is 0 Å². The van der Waals surface area contributed by atoms with Crippen LogP contribution in [0.15, 0.2) is 55.0 Å². The highest BCUT2D eigenvalue weighted by atomic mass is 15.3. The van der Waals surface area contributed by atoms with E-state index < -0.39 is 0 Å². The van der Waals surface area contributed by atoms with Crippen molar-refractivity contribution in [3.63, 3.8) is 0 Å². The zero-order valence-corrected chi connectivity index (χ0v) is 24.2. The molecule has 0 bridgehead atoms.